The summed E-state index contributed by atoms with van der Waals surface area (Å²) in [6, 6.07) is 4.69. The lowest BCUT2D eigenvalue weighted by Crippen LogP contribution is -2.59. The van der Waals surface area contributed by atoms with Crippen LogP contribution in [0, 0.1) is 23.7 Å². The van der Waals surface area contributed by atoms with Gasteiger partial charge in [0.25, 0.3) is 0 Å². The first-order valence-corrected chi connectivity index (χ1v) is 8.67. The van der Waals surface area contributed by atoms with Crippen molar-refractivity contribution in [3.63, 3.8) is 0 Å². The minimum Gasteiger partial charge on any atom is -0.428 e. The van der Waals surface area contributed by atoms with Crippen LogP contribution in [0.1, 0.15) is 12.2 Å². The van der Waals surface area contributed by atoms with Crippen LogP contribution in [0.2, 0.25) is 0 Å². The van der Waals surface area contributed by atoms with Crippen molar-refractivity contribution in [3.8, 4) is 23.7 Å². The van der Waals surface area contributed by atoms with Gasteiger partial charge in [-0.1, -0.05) is 24.0 Å². The van der Waals surface area contributed by atoms with E-state index in [2.05, 4.69) is 23.7 Å². The Morgan fingerprint density at radius 3 is 2.71 bits per heavy atom. The van der Waals surface area contributed by atoms with Crippen LogP contribution < -0.4 is 5.63 Å². The van der Waals surface area contributed by atoms with Crippen molar-refractivity contribution in [1.29, 1.82) is 0 Å². The standard InChI is InChI=1S/C20H22O8/c21-13-15-17(23)18(24)19(25)20(28-15)26-12-7-5-3-1-2-4-6-9-14-10-8-11-16(22)27-14/h5,7-8,10-11,15,17-21,23-25H,6,9,12-13H2. The highest BCUT2D eigenvalue weighted by Crippen LogP contribution is 2.21. The van der Waals surface area contributed by atoms with Crippen molar-refractivity contribution < 1.29 is 34.3 Å². The first kappa shape index (κ1) is 21.9. The number of rotatable bonds is 6. The predicted molar refractivity (Wildman–Crippen MR) is 97.7 cm³/mol. The highest BCUT2D eigenvalue weighted by Gasteiger charge is 2.43. The third kappa shape index (κ3) is 6.63. The van der Waals surface area contributed by atoms with Gasteiger partial charge in [0, 0.05) is 18.9 Å². The average Bonchev–Trinajstić information content (AvgIpc) is 2.69. The number of hydrogen-bond donors (Lipinski definition) is 4. The number of hydrogen-bond acceptors (Lipinski definition) is 8. The quantitative estimate of drug-likeness (QED) is 0.453. The molecular weight excluding hydrogens is 368 g/mol. The minimum atomic E-state index is -1.47. The molecule has 2 rings (SSSR count). The summed E-state index contributed by atoms with van der Waals surface area (Å²) in [5.74, 6) is 11.4. The molecule has 1 aliphatic rings. The molecule has 8 heteroatoms. The summed E-state index contributed by atoms with van der Waals surface area (Å²) in [6.07, 6.45) is -2.41. The molecule has 1 aliphatic heterocycles. The number of aryl methyl sites for hydroxylation is 1. The zero-order chi connectivity index (χ0) is 20.4. The molecule has 150 valence electrons. The van der Waals surface area contributed by atoms with E-state index >= 15 is 0 Å². The van der Waals surface area contributed by atoms with Crippen LogP contribution in [-0.2, 0) is 15.9 Å². The minimum absolute atomic E-state index is 0.0395. The van der Waals surface area contributed by atoms with Gasteiger partial charge in [-0.2, -0.15) is 0 Å². The maximum Gasteiger partial charge on any atom is 0.335 e. The van der Waals surface area contributed by atoms with Gasteiger partial charge >= 0.3 is 5.63 Å². The van der Waals surface area contributed by atoms with Gasteiger partial charge in [-0.25, -0.2) is 4.79 Å². The van der Waals surface area contributed by atoms with Crippen LogP contribution in [0.25, 0.3) is 0 Å². The van der Waals surface area contributed by atoms with E-state index < -0.39 is 37.3 Å². The molecule has 0 amide bonds. The van der Waals surface area contributed by atoms with Gasteiger partial charge in [-0.05, 0) is 24.0 Å². The van der Waals surface area contributed by atoms with Crippen LogP contribution in [-0.4, -0.2) is 64.3 Å². The Morgan fingerprint density at radius 1 is 1.14 bits per heavy atom. The molecule has 5 unspecified atom stereocenters. The second-order valence-electron chi connectivity index (χ2n) is 5.92. The summed E-state index contributed by atoms with van der Waals surface area (Å²) < 4.78 is 15.4. The monoisotopic (exact) mass is 390 g/mol. The highest BCUT2D eigenvalue weighted by atomic mass is 16.7. The van der Waals surface area contributed by atoms with E-state index in [-0.39, 0.29) is 12.2 Å². The zero-order valence-corrected chi connectivity index (χ0v) is 15.0. The van der Waals surface area contributed by atoms with Gasteiger partial charge in [0.15, 0.2) is 6.29 Å². The largest absolute Gasteiger partial charge is 0.428 e. The third-order valence-electron chi connectivity index (χ3n) is 3.87. The average molecular weight is 390 g/mol. The molecule has 0 aliphatic carbocycles. The molecule has 1 saturated heterocycles. The van der Waals surface area contributed by atoms with Gasteiger partial charge in [0.1, 0.15) is 30.2 Å². The highest BCUT2D eigenvalue weighted by molar-refractivity contribution is 5.30. The fourth-order valence-corrected chi connectivity index (χ4v) is 2.40. The lowest BCUT2D eigenvalue weighted by molar-refractivity contribution is -0.298. The Kier molecular flexibility index (Phi) is 8.92. The molecule has 1 fully saturated rings. The molecule has 0 radical (unpaired) electrons. The summed E-state index contributed by atoms with van der Waals surface area (Å²) in [5.41, 5.74) is -0.388. The second-order valence-corrected chi connectivity index (χ2v) is 5.92. The molecule has 0 saturated carbocycles. The number of aliphatic hydroxyl groups is 4. The molecule has 1 aromatic rings. The van der Waals surface area contributed by atoms with E-state index in [4.69, 9.17) is 19.0 Å². The Balaban J connectivity index is 1.70. The van der Waals surface area contributed by atoms with E-state index in [9.17, 15) is 20.1 Å². The molecule has 0 spiro atoms. The number of aliphatic hydroxyl groups excluding tert-OH is 4. The van der Waals surface area contributed by atoms with Crippen LogP contribution in [0.15, 0.2) is 39.6 Å². The summed E-state index contributed by atoms with van der Waals surface area (Å²) in [4.78, 5) is 11.0. The van der Waals surface area contributed by atoms with Gasteiger partial charge in [-0.3, -0.25) is 0 Å². The normalized spacial score (nSPS) is 26.9. The number of ether oxygens (including phenoxy) is 2. The van der Waals surface area contributed by atoms with E-state index in [1.807, 2.05) is 0 Å². The van der Waals surface area contributed by atoms with Crippen LogP contribution >= 0.6 is 0 Å². The second kappa shape index (κ2) is 11.4. The topological polar surface area (TPSA) is 130 Å². The Morgan fingerprint density at radius 2 is 1.96 bits per heavy atom. The molecule has 2 heterocycles. The Bertz CT molecular complexity index is 820. The van der Waals surface area contributed by atoms with Crippen molar-refractivity contribution in [2.45, 2.75) is 43.5 Å². The predicted octanol–water partition coefficient (Wildman–Crippen LogP) is -1.05. The molecule has 4 N–H and O–H groups in total. The van der Waals surface area contributed by atoms with E-state index in [1.165, 1.54) is 12.1 Å². The fraction of sp³-hybridized carbons (Fsp3) is 0.450. The lowest BCUT2D eigenvalue weighted by atomic mass is 9.99. The van der Waals surface area contributed by atoms with Crippen LogP contribution in [0.5, 0.6) is 0 Å². The van der Waals surface area contributed by atoms with Gasteiger partial charge in [0.2, 0.25) is 0 Å². The van der Waals surface area contributed by atoms with E-state index in [1.54, 1.807) is 18.2 Å². The summed E-state index contributed by atoms with van der Waals surface area (Å²) in [7, 11) is 0. The third-order valence-corrected chi connectivity index (χ3v) is 3.87. The van der Waals surface area contributed by atoms with Crippen LogP contribution in [0.3, 0.4) is 0 Å². The zero-order valence-electron chi connectivity index (χ0n) is 15.0. The first-order chi connectivity index (χ1) is 13.5. The van der Waals surface area contributed by atoms with Crippen molar-refractivity contribution >= 4 is 0 Å². The summed E-state index contributed by atoms with van der Waals surface area (Å²) >= 11 is 0. The SMILES string of the molecule is O=c1cccc(CCC#CC#CC=CCOC2OC(CO)C(O)C(O)C2O)o1. The van der Waals surface area contributed by atoms with Gasteiger partial charge < -0.3 is 34.3 Å². The van der Waals surface area contributed by atoms with Crippen molar-refractivity contribution in [1.82, 2.24) is 0 Å². The summed E-state index contributed by atoms with van der Waals surface area (Å²) in [6.45, 7) is -0.473. The van der Waals surface area contributed by atoms with Gasteiger partial charge in [0.05, 0.1) is 13.2 Å². The molecule has 8 nitrogen and oxygen atoms in total. The van der Waals surface area contributed by atoms with E-state index in [0.29, 0.717) is 18.6 Å². The molecule has 28 heavy (non-hydrogen) atoms. The Labute approximate surface area is 162 Å². The smallest absolute Gasteiger partial charge is 0.335 e. The van der Waals surface area contributed by atoms with Gasteiger partial charge in [-0.15, -0.1) is 0 Å². The fourth-order valence-electron chi connectivity index (χ4n) is 2.40. The molecule has 5 atom stereocenters. The molecular formula is C20H22O8. The lowest BCUT2D eigenvalue weighted by Gasteiger charge is -2.39. The van der Waals surface area contributed by atoms with Crippen molar-refractivity contribution in [3.05, 3.63) is 46.5 Å². The maximum atomic E-state index is 11.0. The molecule has 1 aromatic heterocycles. The van der Waals surface area contributed by atoms with Crippen molar-refractivity contribution in [2.75, 3.05) is 13.2 Å². The number of allylic oxidation sites excluding steroid dienone is 1. The van der Waals surface area contributed by atoms with E-state index in [0.717, 1.165) is 0 Å². The van der Waals surface area contributed by atoms with Crippen LogP contribution in [0.4, 0.5) is 0 Å². The van der Waals surface area contributed by atoms with Crippen molar-refractivity contribution in [2.24, 2.45) is 0 Å². The molecule has 0 aromatic carbocycles. The summed E-state index contributed by atoms with van der Waals surface area (Å²) in [5, 5.41) is 38.2. The maximum absolute atomic E-state index is 11.0. The molecule has 0 bridgehead atoms. The first-order valence-electron chi connectivity index (χ1n) is 8.67. The Hall–Kier alpha value is -2.43.